The number of nitrogens with one attached hydrogen (secondary N) is 1. The predicted octanol–water partition coefficient (Wildman–Crippen LogP) is 4.13. The Morgan fingerprint density at radius 3 is 2.67 bits per heavy atom. The van der Waals surface area contributed by atoms with Crippen molar-refractivity contribution in [1.82, 2.24) is 9.88 Å². The molecule has 0 unspecified atom stereocenters. The highest BCUT2D eigenvalue weighted by atomic mass is 79.9. The minimum atomic E-state index is -0.684. The van der Waals surface area contributed by atoms with E-state index >= 15 is 0 Å². The molecular weight excluding hydrogens is 395 g/mol. The van der Waals surface area contributed by atoms with Gasteiger partial charge in [-0.2, -0.15) is 0 Å². The molecule has 3 rings (SSSR count). The number of halogens is 3. The molecule has 0 spiro atoms. The van der Waals surface area contributed by atoms with Gasteiger partial charge in [0.2, 0.25) is 0 Å². The lowest BCUT2D eigenvalue weighted by Gasteiger charge is -2.26. The minimum Gasteiger partial charge on any atom is -0.389 e. The van der Waals surface area contributed by atoms with E-state index in [1.807, 2.05) is 41.1 Å². The predicted molar refractivity (Wildman–Crippen MR) is 101 cm³/mol. The van der Waals surface area contributed by atoms with E-state index in [1.165, 1.54) is 12.1 Å². The highest BCUT2D eigenvalue weighted by molar-refractivity contribution is 9.10. The number of hydrogen-bond acceptors (Lipinski definition) is 2. The van der Waals surface area contributed by atoms with Crippen LogP contribution in [0, 0.1) is 5.82 Å². The zero-order valence-corrected chi connectivity index (χ0v) is 15.5. The third-order valence-corrected chi connectivity index (χ3v) is 4.67. The van der Waals surface area contributed by atoms with Crippen molar-refractivity contribution in [3.63, 3.8) is 0 Å². The first-order valence-electron chi connectivity index (χ1n) is 7.45. The fraction of sp³-hybridized carbons (Fsp3) is 0.222. The van der Waals surface area contributed by atoms with E-state index in [9.17, 15) is 9.50 Å². The van der Waals surface area contributed by atoms with Crippen molar-refractivity contribution in [3.8, 4) is 0 Å². The summed E-state index contributed by atoms with van der Waals surface area (Å²) in [5.74, 6) is -0.304. The number of aliphatic hydroxyl groups excluding tert-OH is 1. The molecule has 0 bridgehead atoms. The maximum atomic E-state index is 13.7. The molecule has 24 heavy (non-hydrogen) atoms. The summed E-state index contributed by atoms with van der Waals surface area (Å²) in [7, 11) is 1.79. The summed E-state index contributed by atoms with van der Waals surface area (Å²) >= 11 is 3.55. The molecule has 0 aliphatic carbocycles. The molecule has 6 heteroatoms. The van der Waals surface area contributed by atoms with E-state index in [2.05, 4.69) is 21.2 Å². The number of nitrogens with zero attached hydrogens (tertiary/aromatic N) is 1. The Balaban J connectivity index is 0.00000208. The summed E-state index contributed by atoms with van der Waals surface area (Å²) < 4.78 is 16.7. The number of aromatic nitrogens is 1. The second kappa shape index (κ2) is 8.12. The molecule has 2 N–H and O–H groups in total. The molecule has 3 aromatic rings. The summed E-state index contributed by atoms with van der Waals surface area (Å²) in [6.07, 6.45) is 1.25. The van der Waals surface area contributed by atoms with Gasteiger partial charge in [0, 0.05) is 28.1 Å². The van der Waals surface area contributed by atoms with Crippen molar-refractivity contribution in [3.05, 3.63) is 70.6 Å². The van der Waals surface area contributed by atoms with Crippen molar-refractivity contribution in [2.75, 3.05) is 13.6 Å². The first-order valence-corrected chi connectivity index (χ1v) is 8.24. The maximum Gasteiger partial charge on any atom is 0.123 e. The Morgan fingerprint density at radius 2 is 1.96 bits per heavy atom. The van der Waals surface area contributed by atoms with Gasteiger partial charge in [-0.05, 0) is 42.9 Å². The van der Waals surface area contributed by atoms with Crippen LogP contribution in [0.3, 0.4) is 0 Å². The molecule has 1 aromatic heterocycles. The van der Waals surface area contributed by atoms with Gasteiger partial charge < -0.3 is 15.0 Å². The van der Waals surface area contributed by atoms with Crippen LogP contribution in [-0.4, -0.2) is 29.4 Å². The maximum absolute atomic E-state index is 13.7. The van der Waals surface area contributed by atoms with Crippen LogP contribution in [0.4, 0.5) is 4.39 Å². The second-order valence-electron chi connectivity index (χ2n) is 5.52. The minimum absolute atomic E-state index is 0. The van der Waals surface area contributed by atoms with Crippen LogP contribution in [0.15, 0.2) is 59.2 Å². The highest BCUT2D eigenvalue weighted by Crippen LogP contribution is 2.31. The third kappa shape index (κ3) is 3.64. The van der Waals surface area contributed by atoms with Gasteiger partial charge in [-0.1, -0.05) is 34.1 Å². The molecule has 3 nitrogen and oxygen atoms in total. The second-order valence-corrected chi connectivity index (χ2v) is 6.37. The smallest absolute Gasteiger partial charge is 0.123 e. The Bertz CT molecular complexity index is 824. The highest BCUT2D eigenvalue weighted by Gasteiger charge is 2.24. The molecule has 2 aromatic carbocycles. The lowest BCUT2D eigenvalue weighted by molar-refractivity contribution is 0.132. The lowest BCUT2D eigenvalue weighted by Crippen LogP contribution is -2.33. The van der Waals surface area contributed by atoms with Gasteiger partial charge in [-0.15, -0.1) is 12.4 Å². The number of aliphatic hydroxyl groups is 1. The van der Waals surface area contributed by atoms with E-state index in [0.717, 1.165) is 20.9 Å². The van der Waals surface area contributed by atoms with Crippen LogP contribution in [0.5, 0.6) is 0 Å². The normalized spacial score (nSPS) is 13.5. The zero-order chi connectivity index (χ0) is 16.4. The van der Waals surface area contributed by atoms with Gasteiger partial charge in [0.25, 0.3) is 0 Å². The van der Waals surface area contributed by atoms with E-state index < -0.39 is 6.10 Å². The summed E-state index contributed by atoms with van der Waals surface area (Å²) in [5, 5.41) is 14.7. The van der Waals surface area contributed by atoms with Crippen molar-refractivity contribution >= 4 is 39.2 Å². The quantitative estimate of drug-likeness (QED) is 0.660. The number of fused-ring (bicyclic) bond motifs is 1. The SMILES string of the molecule is CNC[C@@H](O)[C@H](c1cccc(F)c1)n1ccc2c(Br)cccc21.Cl. The fourth-order valence-electron chi connectivity index (χ4n) is 2.97. The molecule has 0 aliphatic rings. The first-order chi connectivity index (χ1) is 11.1. The molecule has 0 saturated carbocycles. The summed E-state index contributed by atoms with van der Waals surface area (Å²) in [5.41, 5.74) is 1.73. The average Bonchev–Trinajstić information content (AvgIpc) is 2.93. The van der Waals surface area contributed by atoms with Gasteiger partial charge in [0.05, 0.1) is 12.1 Å². The molecule has 128 valence electrons. The van der Waals surface area contributed by atoms with Gasteiger partial charge in [0.1, 0.15) is 5.82 Å². The molecule has 0 radical (unpaired) electrons. The fourth-order valence-corrected chi connectivity index (χ4v) is 3.46. The Morgan fingerprint density at radius 1 is 1.21 bits per heavy atom. The number of benzene rings is 2. The first kappa shape index (κ1) is 18.9. The summed E-state index contributed by atoms with van der Waals surface area (Å²) in [6, 6.07) is 14.0. The number of hydrogen-bond donors (Lipinski definition) is 2. The lowest BCUT2D eigenvalue weighted by atomic mass is 10.0. The monoisotopic (exact) mass is 412 g/mol. The Kier molecular flexibility index (Phi) is 6.40. The van der Waals surface area contributed by atoms with Gasteiger partial charge in [-0.3, -0.25) is 0 Å². The van der Waals surface area contributed by atoms with E-state index in [0.29, 0.717) is 6.54 Å². The van der Waals surface area contributed by atoms with Crippen LogP contribution < -0.4 is 5.32 Å². The largest absolute Gasteiger partial charge is 0.389 e. The Labute approximate surface area is 155 Å². The van der Waals surface area contributed by atoms with Gasteiger partial charge >= 0.3 is 0 Å². The van der Waals surface area contributed by atoms with Gasteiger partial charge in [0.15, 0.2) is 0 Å². The summed E-state index contributed by atoms with van der Waals surface area (Å²) in [6.45, 7) is 0.412. The van der Waals surface area contributed by atoms with Crippen LogP contribution in [0.1, 0.15) is 11.6 Å². The molecule has 2 atom stereocenters. The van der Waals surface area contributed by atoms with Crippen molar-refractivity contribution in [1.29, 1.82) is 0 Å². The van der Waals surface area contributed by atoms with Crippen LogP contribution in [0.2, 0.25) is 0 Å². The molecule has 0 amide bonds. The summed E-state index contributed by atoms with van der Waals surface area (Å²) in [4.78, 5) is 0. The van der Waals surface area contributed by atoms with E-state index in [1.54, 1.807) is 13.1 Å². The zero-order valence-electron chi connectivity index (χ0n) is 13.1. The third-order valence-electron chi connectivity index (χ3n) is 3.98. The molecule has 1 heterocycles. The topological polar surface area (TPSA) is 37.2 Å². The van der Waals surface area contributed by atoms with E-state index in [-0.39, 0.29) is 24.3 Å². The van der Waals surface area contributed by atoms with Crippen LogP contribution in [0.25, 0.3) is 10.9 Å². The van der Waals surface area contributed by atoms with Crippen LogP contribution in [-0.2, 0) is 0 Å². The number of rotatable bonds is 5. The van der Waals surface area contributed by atoms with Gasteiger partial charge in [-0.25, -0.2) is 4.39 Å². The molecular formula is C18H19BrClFN2O. The van der Waals surface area contributed by atoms with E-state index in [4.69, 9.17) is 0 Å². The number of likely N-dealkylation sites (N-methyl/N-ethyl adjacent to an activating group) is 1. The molecule has 0 saturated heterocycles. The molecule has 0 aliphatic heterocycles. The van der Waals surface area contributed by atoms with Crippen LogP contribution >= 0.6 is 28.3 Å². The molecule has 0 fully saturated rings. The van der Waals surface area contributed by atoms with Crippen molar-refractivity contribution in [2.45, 2.75) is 12.1 Å². The van der Waals surface area contributed by atoms with Crippen molar-refractivity contribution in [2.24, 2.45) is 0 Å². The standard InChI is InChI=1S/C18H18BrFN2O.ClH/c1-21-11-17(23)18(12-4-2-5-13(20)10-12)22-9-8-14-15(19)6-3-7-16(14)22;/h2-10,17-18,21,23H,11H2,1H3;1H/t17-,18+;/m1./s1. The Hall–Kier alpha value is -1.40. The van der Waals surface area contributed by atoms with Crippen molar-refractivity contribution < 1.29 is 9.50 Å². The average molecular weight is 414 g/mol.